The number of carboxylic acid groups (broad SMARTS) is 1. The van der Waals surface area contributed by atoms with Crippen LogP contribution in [0.2, 0.25) is 5.02 Å². The van der Waals surface area contributed by atoms with E-state index < -0.39 is 5.97 Å². The van der Waals surface area contributed by atoms with E-state index in [-0.39, 0.29) is 10.6 Å². The summed E-state index contributed by atoms with van der Waals surface area (Å²) >= 11 is 6.20. The Morgan fingerprint density at radius 1 is 1.28 bits per heavy atom. The predicted octanol–water partition coefficient (Wildman–Crippen LogP) is 3.77. The lowest BCUT2D eigenvalue weighted by molar-refractivity contribution is 0.0697. The molecule has 0 atom stereocenters. The van der Waals surface area contributed by atoms with Crippen molar-refractivity contribution in [1.29, 1.82) is 0 Å². The van der Waals surface area contributed by atoms with E-state index in [1.165, 1.54) is 12.3 Å². The fourth-order valence-corrected chi connectivity index (χ4v) is 2.76. The Hall–Kier alpha value is -2.93. The fraction of sp³-hybridized carbons (Fsp3) is 0.176. The van der Waals surface area contributed by atoms with E-state index in [2.05, 4.69) is 20.4 Å². The highest BCUT2D eigenvalue weighted by Crippen LogP contribution is 2.35. The number of nitrogens with one attached hydrogen (secondary N) is 1. The lowest BCUT2D eigenvalue weighted by Gasteiger charge is -2.09. The molecule has 0 saturated heterocycles. The van der Waals surface area contributed by atoms with Crippen molar-refractivity contribution in [2.24, 2.45) is 0 Å². The molecule has 2 heterocycles. The molecule has 7 nitrogen and oxygen atoms in total. The van der Waals surface area contributed by atoms with Crippen LogP contribution in [0.4, 0.5) is 11.6 Å². The monoisotopic (exact) mass is 355 g/mol. The summed E-state index contributed by atoms with van der Waals surface area (Å²) in [7, 11) is 0. The number of carbonyl (C=O) groups is 1. The maximum Gasteiger partial charge on any atom is 0.336 e. The zero-order valence-electron chi connectivity index (χ0n) is 13.1. The summed E-state index contributed by atoms with van der Waals surface area (Å²) in [6.07, 6.45) is 7.36. The van der Waals surface area contributed by atoms with Crippen molar-refractivity contribution in [2.75, 3.05) is 5.32 Å². The Balaban J connectivity index is 1.67. The average molecular weight is 356 g/mol. The second-order valence-corrected chi connectivity index (χ2v) is 6.21. The summed E-state index contributed by atoms with van der Waals surface area (Å²) in [5, 5.41) is 17.0. The van der Waals surface area contributed by atoms with Crippen molar-refractivity contribution in [3.05, 3.63) is 53.4 Å². The van der Waals surface area contributed by atoms with Crippen molar-refractivity contribution < 1.29 is 9.90 Å². The number of carboxylic acids is 1. The Morgan fingerprint density at radius 3 is 2.84 bits per heavy atom. The molecule has 0 radical (unpaired) electrons. The molecule has 3 aromatic rings. The van der Waals surface area contributed by atoms with Crippen LogP contribution in [-0.4, -0.2) is 30.8 Å². The molecule has 25 heavy (non-hydrogen) atoms. The third kappa shape index (κ3) is 3.18. The van der Waals surface area contributed by atoms with Crippen molar-refractivity contribution in [3.63, 3.8) is 0 Å². The summed E-state index contributed by atoms with van der Waals surface area (Å²) < 4.78 is 1.92. The molecule has 1 aliphatic rings. The summed E-state index contributed by atoms with van der Waals surface area (Å²) in [4.78, 5) is 20.0. The van der Waals surface area contributed by atoms with Gasteiger partial charge >= 0.3 is 5.97 Å². The van der Waals surface area contributed by atoms with Crippen molar-refractivity contribution >= 4 is 29.2 Å². The van der Waals surface area contributed by atoms with Crippen LogP contribution in [-0.2, 0) is 0 Å². The van der Waals surface area contributed by atoms with E-state index >= 15 is 0 Å². The van der Waals surface area contributed by atoms with Gasteiger partial charge < -0.3 is 10.4 Å². The molecule has 8 heteroatoms. The van der Waals surface area contributed by atoms with Crippen LogP contribution in [0.25, 0.3) is 11.3 Å². The Bertz CT molecular complexity index is 952. The number of aromatic nitrogens is 4. The Morgan fingerprint density at radius 2 is 2.08 bits per heavy atom. The molecule has 2 aromatic heterocycles. The lowest BCUT2D eigenvalue weighted by Crippen LogP contribution is -2.03. The highest BCUT2D eigenvalue weighted by Gasteiger charge is 2.24. The number of anilines is 2. The molecule has 0 spiro atoms. The van der Waals surface area contributed by atoms with Crippen LogP contribution in [0, 0.1) is 0 Å². The van der Waals surface area contributed by atoms with Gasteiger partial charge in [-0.25, -0.2) is 14.8 Å². The molecular formula is C17H14ClN5O2. The number of aromatic carboxylic acids is 1. The van der Waals surface area contributed by atoms with Crippen LogP contribution in [0.5, 0.6) is 0 Å². The van der Waals surface area contributed by atoms with Crippen molar-refractivity contribution in [2.45, 2.75) is 18.9 Å². The van der Waals surface area contributed by atoms with Gasteiger partial charge in [-0.3, -0.25) is 4.68 Å². The number of halogens is 1. The maximum absolute atomic E-state index is 11.4. The van der Waals surface area contributed by atoms with Crippen LogP contribution >= 0.6 is 11.6 Å². The van der Waals surface area contributed by atoms with Gasteiger partial charge in [-0.2, -0.15) is 5.10 Å². The topological polar surface area (TPSA) is 92.9 Å². The number of rotatable bonds is 5. The van der Waals surface area contributed by atoms with Gasteiger partial charge in [0.15, 0.2) is 0 Å². The molecule has 0 bridgehead atoms. The first-order chi connectivity index (χ1) is 12.1. The molecule has 0 unspecified atom stereocenters. The van der Waals surface area contributed by atoms with E-state index in [0.717, 1.165) is 18.5 Å². The maximum atomic E-state index is 11.4. The largest absolute Gasteiger partial charge is 0.478 e. The molecule has 1 fully saturated rings. The highest BCUT2D eigenvalue weighted by molar-refractivity contribution is 6.33. The van der Waals surface area contributed by atoms with Gasteiger partial charge in [-0.1, -0.05) is 29.8 Å². The molecule has 4 rings (SSSR count). The normalized spacial score (nSPS) is 13.6. The van der Waals surface area contributed by atoms with E-state index in [9.17, 15) is 9.90 Å². The number of hydrogen-bond acceptors (Lipinski definition) is 5. The van der Waals surface area contributed by atoms with Gasteiger partial charge in [-0.15, -0.1) is 0 Å². The van der Waals surface area contributed by atoms with Gasteiger partial charge in [0.1, 0.15) is 0 Å². The molecule has 1 aliphatic carbocycles. The SMILES string of the molecule is O=C(O)c1ccccc1-c1nc(Nc2cnn(C3CC3)c2)ncc1Cl. The average Bonchev–Trinajstić information content (AvgIpc) is 3.36. The summed E-state index contributed by atoms with van der Waals surface area (Å²) in [5.74, 6) is -0.708. The Labute approximate surface area is 148 Å². The van der Waals surface area contributed by atoms with Gasteiger partial charge in [0.2, 0.25) is 5.95 Å². The quantitative estimate of drug-likeness (QED) is 0.723. The van der Waals surface area contributed by atoms with E-state index in [1.807, 2.05) is 10.9 Å². The highest BCUT2D eigenvalue weighted by atomic mass is 35.5. The third-order valence-corrected chi connectivity index (χ3v) is 4.21. The van der Waals surface area contributed by atoms with Crippen molar-refractivity contribution in [3.8, 4) is 11.3 Å². The Kier molecular flexibility index (Phi) is 3.85. The van der Waals surface area contributed by atoms with Gasteiger partial charge in [0, 0.05) is 11.8 Å². The zero-order chi connectivity index (χ0) is 17.4. The van der Waals surface area contributed by atoms with E-state index in [0.29, 0.717) is 23.2 Å². The molecule has 2 N–H and O–H groups in total. The predicted molar refractivity (Wildman–Crippen MR) is 93.2 cm³/mol. The zero-order valence-corrected chi connectivity index (χ0v) is 13.8. The molecule has 0 aliphatic heterocycles. The first kappa shape index (κ1) is 15.6. The minimum atomic E-state index is -1.04. The fourth-order valence-electron chi connectivity index (χ4n) is 2.56. The van der Waals surface area contributed by atoms with E-state index in [4.69, 9.17) is 11.6 Å². The van der Waals surface area contributed by atoms with Crippen LogP contribution in [0.15, 0.2) is 42.9 Å². The first-order valence-electron chi connectivity index (χ1n) is 7.78. The van der Waals surface area contributed by atoms with Gasteiger partial charge in [0.25, 0.3) is 0 Å². The molecular weight excluding hydrogens is 342 g/mol. The van der Waals surface area contributed by atoms with Crippen LogP contribution in [0.1, 0.15) is 29.2 Å². The molecule has 1 saturated carbocycles. The van der Waals surface area contributed by atoms with Gasteiger partial charge in [-0.05, 0) is 18.9 Å². The number of benzene rings is 1. The summed E-state index contributed by atoms with van der Waals surface area (Å²) in [5.41, 5.74) is 1.72. The number of hydrogen-bond donors (Lipinski definition) is 2. The molecule has 1 aromatic carbocycles. The standard InChI is InChI=1S/C17H14ClN5O2/c18-14-8-19-17(21-10-7-20-23(9-10)11-5-6-11)22-15(14)12-3-1-2-4-13(12)16(24)25/h1-4,7-9,11H,5-6H2,(H,24,25)(H,19,21,22). The smallest absolute Gasteiger partial charge is 0.336 e. The van der Waals surface area contributed by atoms with Crippen LogP contribution in [0.3, 0.4) is 0 Å². The lowest BCUT2D eigenvalue weighted by atomic mass is 10.0. The van der Waals surface area contributed by atoms with Crippen LogP contribution < -0.4 is 5.32 Å². The number of nitrogens with zero attached hydrogens (tertiary/aromatic N) is 4. The second-order valence-electron chi connectivity index (χ2n) is 5.81. The minimum Gasteiger partial charge on any atom is -0.478 e. The summed E-state index contributed by atoms with van der Waals surface area (Å²) in [6, 6.07) is 7.08. The second kappa shape index (κ2) is 6.18. The van der Waals surface area contributed by atoms with E-state index in [1.54, 1.807) is 24.4 Å². The van der Waals surface area contributed by atoms with Crippen molar-refractivity contribution in [1.82, 2.24) is 19.7 Å². The van der Waals surface area contributed by atoms with Gasteiger partial charge in [0.05, 0.1) is 40.4 Å². The molecule has 0 amide bonds. The third-order valence-electron chi connectivity index (χ3n) is 3.94. The first-order valence-corrected chi connectivity index (χ1v) is 8.16. The minimum absolute atomic E-state index is 0.135. The molecule has 126 valence electrons. The summed E-state index contributed by atoms with van der Waals surface area (Å²) in [6.45, 7) is 0.